The summed E-state index contributed by atoms with van der Waals surface area (Å²) in [5.41, 5.74) is 4.20. The minimum atomic E-state index is -1.14. The first-order chi connectivity index (χ1) is 15.5. The molecule has 0 saturated carbocycles. The van der Waals surface area contributed by atoms with Crippen molar-refractivity contribution in [2.24, 2.45) is 11.8 Å². The number of hydrogen-bond acceptors (Lipinski definition) is 3. The Bertz CT molecular complexity index is 1280. The van der Waals surface area contributed by atoms with Gasteiger partial charge in [0.2, 0.25) is 11.8 Å². The number of nitrogens with zero attached hydrogens (tertiary/aromatic N) is 1. The van der Waals surface area contributed by atoms with Crippen molar-refractivity contribution in [2.45, 2.75) is 31.6 Å². The molecule has 0 N–H and O–H groups in total. The number of aryl methyl sites for hydroxylation is 1. The largest absolute Gasteiger partial charge is 0.299 e. The fraction of sp³-hybridized carbons (Fsp3) is 0.250. The third-order valence-electron chi connectivity index (χ3n) is 7.79. The van der Waals surface area contributed by atoms with Gasteiger partial charge in [-0.1, -0.05) is 73.7 Å². The van der Waals surface area contributed by atoms with E-state index < -0.39 is 17.3 Å². The second kappa shape index (κ2) is 6.49. The molecule has 1 heterocycles. The number of anilines is 1. The van der Waals surface area contributed by atoms with E-state index in [9.17, 15) is 14.4 Å². The van der Waals surface area contributed by atoms with Crippen LogP contribution in [0.3, 0.4) is 0 Å². The predicted octanol–water partition coefficient (Wildman–Crippen LogP) is 4.39. The molecule has 3 aromatic carbocycles. The molecule has 1 saturated heterocycles. The smallest absolute Gasteiger partial charge is 0.239 e. The summed E-state index contributed by atoms with van der Waals surface area (Å²) < 4.78 is 0. The van der Waals surface area contributed by atoms with Crippen LogP contribution >= 0.6 is 0 Å². The fourth-order valence-corrected chi connectivity index (χ4v) is 6.64. The number of imide groups is 1. The van der Waals surface area contributed by atoms with Crippen LogP contribution in [-0.4, -0.2) is 17.6 Å². The summed E-state index contributed by atoms with van der Waals surface area (Å²) in [4.78, 5) is 43.0. The average molecular weight is 421 g/mol. The molecule has 7 rings (SSSR count). The van der Waals surface area contributed by atoms with E-state index in [1.54, 1.807) is 6.92 Å². The van der Waals surface area contributed by atoms with Crippen LogP contribution in [0, 0.1) is 11.8 Å². The third-order valence-corrected chi connectivity index (χ3v) is 7.79. The van der Waals surface area contributed by atoms with Crippen molar-refractivity contribution in [3.05, 3.63) is 101 Å². The Kier molecular flexibility index (Phi) is 3.89. The van der Waals surface area contributed by atoms with Crippen molar-refractivity contribution in [3.8, 4) is 0 Å². The van der Waals surface area contributed by atoms with Gasteiger partial charge in [-0.25, -0.2) is 4.90 Å². The van der Waals surface area contributed by atoms with Crippen LogP contribution in [0.2, 0.25) is 0 Å². The van der Waals surface area contributed by atoms with Crippen LogP contribution in [0.4, 0.5) is 5.69 Å². The molecule has 3 aromatic rings. The molecule has 0 spiro atoms. The molecule has 0 unspecified atom stereocenters. The maximum absolute atomic E-state index is 14.1. The summed E-state index contributed by atoms with van der Waals surface area (Å²) in [6, 6.07) is 23.3. The van der Waals surface area contributed by atoms with Crippen LogP contribution in [0.15, 0.2) is 72.8 Å². The molecule has 1 fully saturated rings. The Morgan fingerprint density at radius 2 is 1.41 bits per heavy atom. The van der Waals surface area contributed by atoms with Crippen LogP contribution in [0.25, 0.3) is 0 Å². The van der Waals surface area contributed by atoms with Crippen molar-refractivity contribution < 1.29 is 14.4 Å². The predicted molar refractivity (Wildman–Crippen MR) is 121 cm³/mol. The summed E-state index contributed by atoms with van der Waals surface area (Å²) in [6.07, 6.45) is 0.713. The van der Waals surface area contributed by atoms with E-state index in [1.807, 2.05) is 79.7 Å². The minimum Gasteiger partial charge on any atom is -0.299 e. The molecule has 158 valence electrons. The van der Waals surface area contributed by atoms with Crippen molar-refractivity contribution in [1.29, 1.82) is 0 Å². The quantitative estimate of drug-likeness (QED) is 0.590. The van der Waals surface area contributed by atoms with Crippen molar-refractivity contribution in [1.82, 2.24) is 0 Å². The number of Topliss-reactive ketones (excluding diaryl/α,β-unsaturated/α-hetero) is 1. The second-order valence-corrected chi connectivity index (χ2v) is 9.01. The molecule has 4 nitrogen and oxygen atoms in total. The Labute approximate surface area is 186 Å². The van der Waals surface area contributed by atoms with Gasteiger partial charge in [-0.05, 0) is 47.2 Å². The molecule has 0 aromatic heterocycles. The lowest BCUT2D eigenvalue weighted by molar-refractivity contribution is -0.132. The minimum absolute atomic E-state index is 0.0858. The first-order valence-corrected chi connectivity index (χ1v) is 11.2. The van der Waals surface area contributed by atoms with Gasteiger partial charge in [0.05, 0.1) is 22.9 Å². The topological polar surface area (TPSA) is 54.5 Å². The maximum Gasteiger partial charge on any atom is 0.239 e. The van der Waals surface area contributed by atoms with Gasteiger partial charge in [0, 0.05) is 5.92 Å². The van der Waals surface area contributed by atoms with Crippen LogP contribution < -0.4 is 4.90 Å². The number of rotatable bonds is 3. The van der Waals surface area contributed by atoms with E-state index in [4.69, 9.17) is 0 Å². The number of carbonyl (C=O) groups excluding carboxylic acids is 3. The monoisotopic (exact) mass is 421 g/mol. The van der Waals surface area contributed by atoms with Gasteiger partial charge < -0.3 is 0 Å². The molecule has 3 aliphatic carbocycles. The number of benzene rings is 3. The number of hydrogen-bond donors (Lipinski definition) is 0. The zero-order valence-electron chi connectivity index (χ0n) is 18.0. The highest BCUT2D eigenvalue weighted by Crippen LogP contribution is 2.64. The van der Waals surface area contributed by atoms with Gasteiger partial charge in [0.25, 0.3) is 0 Å². The van der Waals surface area contributed by atoms with Gasteiger partial charge in [-0.15, -0.1) is 0 Å². The summed E-state index contributed by atoms with van der Waals surface area (Å²) >= 11 is 0. The first-order valence-electron chi connectivity index (χ1n) is 11.2. The highest BCUT2D eigenvalue weighted by Gasteiger charge is 2.70. The maximum atomic E-state index is 14.1. The molecule has 2 bridgehead atoms. The Morgan fingerprint density at radius 1 is 0.844 bits per heavy atom. The van der Waals surface area contributed by atoms with Gasteiger partial charge in [-0.3, -0.25) is 14.4 Å². The summed E-state index contributed by atoms with van der Waals surface area (Å²) in [5.74, 6) is -2.08. The van der Waals surface area contributed by atoms with E-state index >= 15 is 0 Å². The van der Waals surface area contributed by atoms with E-state index in [-0.39, 0.29) is 23.5 Å². The Balaban J connectivity index is 1.67. The number of ketones is 1. The van der Waals surface area contributed by atoms with Crippen molar-refractivity contribution in [3.63, 3.8) is 0 Å². The number of amides is 2. The van der Waals surface area contributed by atoms with Crippen LogP contribution in [-0.2, 0) is 26.2 Å². The molecule has 4 aliphatic rings. The lowest BCUT2D eigenvalue weighted by atomic mass is 9.46. The zero-order valence-corrected chi connectivity index (χ0v) is 18.0. The standard InChI is InChI=1S/C28H23NO3/c1-3-17-10-4-9-15-22(17)29-26(31)24-23-18-11-5-7-13-20(18)28(16(2)30,25(24)27(29)32)21-14-8-6-12-19(21)23/h4-15,23-25H,3H2,1-2H3/t23?,24-,25-,28?/m0/s1. The second-order valence-electron chi connectivity index (χ2n) is 9.01. The lowest BCUT2D eigenvalue weighted by Crippen LogP contribution is -2.57. The molecule has 2 amide bonds. The molecule has 1 aliphatic heterocycles. The molecular weight excluding hydrogens is 398 g/mol. The van der Waals surface area contributed by atoms with Gasteiger partial charge in [0.1, 0.15) is 5.78 Å². The summed E-state index contributed by atoms with van der Waals surface area (Å²) in [7, 11) is 0. The fourth-order valence-electron chi connectivity index (χ4n) is 6.64. The molecule has 4 heteroatoms. The lowest BCUT2D eigenvalue weighted by Gasteiger charge is -2.52. The molecule has 2 atom stereocenters. The van der Waals surface area contributed by atoms with E-state index in [2.05, 4.69) is 0 Å². The zero-order chi connectivity index (χ0) is 22.2. The normalized spacial score (nSPS) is 27.2. The molecule has 0 radical (unpaired) electrons. The Hall–Kier alpha value is -3.53. The van der Waals surface area contributed by atoms with Crippen molar-refractivity contribution in [2.75, 3.05) is 4.90 Å². The number of para-hydroxylation sites is 1. The van der Waals surface area contributed by atoms with Crippen LogP contribution in [0.5, 0.6) is 0 Å². The molecule has 32 heavy (non-hydrogen) atoms. The van der Waals surface area contributed by atoms with E-state index in [0.717, 1.165) is 27.8 Å². The highest BCUT2D eigenvalue weighted by molar-refractivity contribution is 6.25. The van der Waals surface area contributed by atoms with Crippen molar-refractivity contribution >= 4 is 23.3 Å². The highest BCUT2D eigenvalue weighted by atomic mass is 16.2. The van der Waals surface area contributed by atoms with E-state index in [0.29, 0.717) is 12.1 Å². The van der Waals surface area contributed by atoms with Gasteiger partial charge >= 0.3 is 0 Å². The SMILES string of the molecule is CCc1ccccc1N1C(=O)[C@@H]2[C@@H](C1=O)C1c3ccccc3C2(C(C)=O)c2ccccc21. The van der Waals surface area contributed by atoms with E-state index in [1.165, 1.54) is 4.90 Å². The summed E-state index contributed by atoms with van der Waals surface area (Å²) in [6.45, 7) is 3.58. The average Bonchev–Trinajstić information content (AvgIpc) is 3.09. The number of carbonyl (C=O) groups is 3. The van der Waals surface area contributed by atoms with Crippen LogP contribution in [0.1, 0.15) is 47.6 Å². The molecular formula is C28H23NO3. The Morgan fingerprint density at radius 3 is 2.00 bits per heavy atom. The summed E-state index contributed by atoms with van der Waals surface area (Å²) in [5, 5.41) is 0. The van der Waals surface area contributed by atoms with Gasteiger partial charge in [-0.2, -0.15) is 0 Å². The first kappa shape index (κ1) is 19.2. The third kappa shape index (κ3) is 2.05. The van der Waals surface area contributed by atoms with Gasteiger partial charge in [0.15, 0.2) is 0 Å².